The molecule has 1 N–H and O–H groups in total. The fourth-order valence-electron chi connectivity index (χ4n) is 4.04. The van der Waals surface area contributed by atoms with Gasteiger partial charge in [0, 0.05) is 34.1 Å². The highest BCUT2D eigenvalue weighted by atomic mass is 32.1. The van der Waals surface area contributed by atoms with Crippen LogP contribution in [0.3, 0.4) is 0 Å². The SMILES string of the molecule is CC(=O)/C=C/C1=CCC(C)(Oc2c(C3=C(C(F)(F)F)CC(C)(F)C=C3)sc3cc(O)ccc23)C=C1. The molecule has 35 heavy (non-hydrogen) atoms. The third kappa shape index (κ3) is 5.42. The minimum Gasteiger partial charge on any atom is -0.508 e. The molecular weight excluding hydrogens is 480 g/mol. The molecule has 2 aliphatic rings. The lowest BCUT2D eigenvalue weighted by Gasteiger charge is -2.31. The maximum atomic E-state index is 14.6. The Labute approximate surface area is 204 Å². The number of aromatic hydroxyl groups is 1. The normalized spacial score (nSPS) is 24.9. The molecule has 0 saturated heterocycles. The lowest BCUT2D eigenvalue weighted by Crippen LogP contribution is -2.31. The van der Waals surface area contributed by atoms with Gasteiger partial charge in [0.2, 0.25) is 0 Å². The molecule has 1 heterocycles. The third-order valence-electron chi connectivity index (χ3n) is 5.88. The van der Waals surface area contributed by atoms with E-state index in [1.54, 1.807) is 24.3 Å². The second-order valence-corrected chi connectivity index (χ2v) is 10.3. The van der Waals surface area contributed by atoms with Crippen molar-refractivity contribution in [3.63, 3.8) is 0 Å². The van der Waals surface area contributed by atoms with E-state index in [9.17, 15) is 27.5 Å². The number of thiophene rings is 1. The standard InChI is InChI=1S/C27H24F4O3S/c1-16(32)4-5-17-8-12-26(3,13-9-17)34-23-20-7-6-18(33)14-22(20)35-24(23)19-10-11-25(2,28)15-21(19)27(29,30)31/h4-12,14,33H,13,15H2,1-3H3/b5-4+. The van der Waals surface area contributed by atoms with Crippen molar-refractivity contribution in [3.8, 4) is 11.5 Å². The number of phenolic OH excluding ortho intramolecular Hbond substituents is 1. The Hall–Kier alpha value is -3.13. The van der Waals surface area contributed by atoms with Crippen molar-refractivity contribution in [2.24, 2.45) is 0 Å². The van der Waals surface area contributed by atoms with Crippen LogP contribution >= 0.6 is 11.3 Å². The molecular formula is C27H24F4O3S. The Morgan fingerprint density at radius 2 is 1.94 bits per heavy atom. The summed E-state index contributed by atoms with van der Waals surface area (Å²) in [5, 5.41) is 10.5. The fourth-order valence-corrected chi connectivity index (χ4v) is 5.25. The van der Waals surface area contributed by atoms with Crippen molar-refractivity contribution in [3.05, 3.63) is 76.8 Å². The summed E-state index contributed by atoms with van der Waals surface area (Å²) in [6, 6.07) is 4.52. The molecule has 3 nitrogen and oxygen atoms in total. The number of ether oxygens (including phenoxy) is 1. The smallest absolute Gasteiger partial charge is 0.413 e. The van der Waals surface area contributed by atoms with Crippen LogP contribution in [0.1, 0.15) is 38.5 Å². The summed E-state index contributed by atoms with van der Waals surface area (Å²) >= 11 is 1.06. The Morgan fingerprint density at radius 1 is 1.20 bits per heavy atom. The highest BCUT2D eigenvalue weighted by Gasteiger charge is 2.43. The minimum atomic E-state index is -4.72. The molecule has 1 aromatic carbocycles. The Bertz CT molecular complexity index is 1340. The molecule has 0 radical (unpaired) electrons. The molecule has 2 unspecified atom stereocenters. The molecule has 4 rings (SSSR count). The van der Waals surface area contributed by atoms with Crippen LogP contribution in [0.5, 0.6) is 11.5 Å². The third-order valence-corrected chi connectivity index (χ3v) is 7.04. The summed E-state index contributed by atoms with van der Waals surface area (Å²) in [5.41, 5.74) is -3.25. The van der Waals surface area contributed by atoms with Crippen LogP contribution in [-0.2, 0) is 4.79 Å². The van der Waals surface area contributed by atoms with Gasteiger partial charge >= 0.3 is 6.18 Å². The zero-order chi connectivity index (χ0) is 25.6. The molecule has 2 aromatic rings. The van der Waals surface area contributed by atoms with Crippen molar-refractivity contribution in [2.45, 2.75) is 51.1 Å². The first-order chi connectivity index (χ1) is 16.3. The van der Waals surface area contributed by atoms with E-state index in [0.29, 0.717) is 16.5 Å². The first kappa shape index (κ1) is 25.0. The number of allylic oxidation sites excluding steroid dienone is 8. The van der Waals surface area contributed by atoms with Gasteiger partial charge in [0.15, 0.2) is 5.78 Å². The summed E-state index contributed by atoms with van der Waals surface area (Å²) in [4.78, 5) is 11.4. The van der Waals surface area contributed by atoms with Gasteiger partial charge in [-0.1, -0.05) is 24.3 Å². The van der Waals surface area contributed by atoms with Crippen LogP contribution in [0, 0.1) is 0 Å². The zero-order valence-electron chi connectivity index (χ0n) is 19.4. The highest BCUT2D eigenvalue weighted by molar-refractivity contribution is 7.20. The Morgan fingerprint density at radius 3 is 2.57 bits per heavy atom. The van der Waals surface area contributed by atoms with Crippen LogP contribution in [0.15, 0.2) is 71.9 Å². The van der Waals surface area contributed by atoms with Crippen LogP contribution < -0.4 is 4.74 Å². The number of halogens is 4. The number of benzene rings is 1. The van der Waals surface area contributed by atoms with Gasteiger partial charge in [-0.15, -0.1) is 11.3 Å². The van der Waals surface area contributed by atoms with Crippen LogP contribution in [0.2, 0.25) is 0 Å². The molecule has 0 amide bonds. The van der Waals surface area contributed by atoms with Gasteiger partial charge < -0.3 is 9.84 Å². The quantitative estimate of drug-likeness (QED) is 0.334. The predicted octanol–water partition coefficient (Wildman–Crippen LogP) is 7.78. The van der Waals surface area contributed by atoms with Crippen molar-refractivity contribution in [1.82, 2.24) is 0 Å². The first-order valence-electron chi connectivity index (χ1n) is 11.0. The summed E-state index contributed by atoms with van der Waals surface area (Å²) in [6.07, 6.45) is 5.83. The van der Waals surface area contributed by atoms with E-state index < -0.39 is 29.4 Å². The molecule has 0 fully saturated rings. The van der Waals surface area contributed by atoms with Crippen molar-refractivity contribution >= 4 is 32.8 Å². The molecule has 2 aliphatic carbocycles. The van der Waals surface area contributed by atoms with E-state index in [1.165, 1.54) is 31.2 Å². The largest absolute Gasteiger partial charge is 0.508 e. The Kier molecular flexibility index (Phi) is 6.30. The number of ketones is 1. The highest BCUT2D eigenvalue weighted by Crippen LogP contribution is 2.51. The second kappa shape index (κ2) is 8.82. The van der Waals surface area contributed by atoms with Crippen molar-refractivity contribution < 1.29 is 32.2 Å². The number of alkyl halides is 4. The Balaban J connectivity index is 1.81. The van der Waals surface area contributed by atoms with Gasteiger partial charge in [0.25, 0.3) is 0 Å². The number of rotatable bonds is 5. The maximum Gasteiger partial charge on any atom is 0.413 e. The van der Waals surface area contributed by atoms with Gasteiger partial charge in [-0.2, -0.15) is 13.2 Å². The molecule has 8 heteroatoms. The summed E-state index contributed by atoms with van der Waals surface area (Å²) in [5.74, 6) is 0.142. The minimum absolute atomic E-state index is 0.0222. The van der Waals surface area contributed by atoms with E-state index in [1.807, 2.05) is 13.0 Å². The topological polar surface area (TPSA) is 46.5 Å². The molecule has 0 bridgehead atoms. The van der Waals surface area contributed by atoms with E-state index in [0.717, 1.165) is 29.9 Å². The van der Waals surface area contributed by atoms with Crippen LogP contribution in [-0.4, -0.2) is 28.3 Å². The van der Waals surface area contributed by atoms with Gasteiger partial charge in [-0.3, -0.25) is 4.79 Å². The van der Waals surface area contributed by atoms with Gasteiger partial charge in [-0.05, 0) is 62.8 Å². The van der Waals surface area contributed by atoms with Gasteiger partial charge in [-0.25, -0.2) is 4.39 Å². The predicted molar refractivity (Wildman–Crippen MR) is 130 cm³/mol. The number of hydrogen-bond acceptors (Lipinski definition) is 4. The summed E-state index contributed by atoms with van der Waals surface area (Å²) < 4.78 is 63.5. The van der Waals surface area contributed by atoms with Gasteiger partial charge in [0.05, 0.1) is 4.88 Å². The van der Waals surface area contributed by atoms with Gasteiger partial charge in [0.1, 0.15) is 22.8 Å². The van der Waals surface area contributed by atoms with Crippen molar-refractivity contribution in [2.75, 3.05) is 0 Å². The van der Waals surface area contributed by atoms with E-state index in [-0.39, 0.29) is 27.7 Å². The molecule has 0 spiro atoms. The molecule has 0 aliphatic heterocycles. The lowest BCUT2D eigenvalue weighted by atomic mass is 9.87. The fraction of sp³-hybridized carbons (Fsp3) is 0.296. The second-order valence-electron chi connectivity index (χ2n) is 9.22. The average Bonchev–Trinajstić information content (AvgIpc) is 3.08. The molecule has 1 aromatic heterocycles. The average molecular weight is 505 g/mol. The molecule has 2 atom stereocenters. The number of hydrogen-bond donors (Lipinski definition) is 1. The monoisotopic (exact) mass is 504 g/mol. The first-order valence-corrected chi connectivity index (χ1v) is 11.8. The number of carbonyl (C=O) groups excluding carboxylic acids is 1. The molecule has 184 valence electrons. The maximum absolute atomic E-state index is 14.6. The number of carbonyl (C=O) groups is 1. The number of phenols is 1. The van der Waals surface area contributed by atoms with E-state index in [2.05, 4.69) is 0 Å². The van der Waals surface area contributed by atoms with E-state index in [4.69, 9.17) is 4.74 Å². The lowest BCUT2D eigenvalue weighted by molar-refractivity contribution is -0.112. The van der Waals surface area contributed by atoms with Crippen LogP contribution in [0.4, 0.5) is 17.6 Å². The summed E-state index contributed by atoms with van der Waals surface area (Å²) in [7, 11) is 0. The van der Waals surface area contributed by atoms with E-state index >= 15 is 0 Å². The van der Waals surface area contributed by atoms with Crippen molar-refractivity contribution in [1.29, 1.82) is 0 Å². The summed E-state index contributed by atoms with van der Waals surface area (Å²) in [6.45, 7) is 4.38. The number of fused-ring (bicyclic) bond motifs is 1. The van der Waals surface area contributed by atoms with Crippen LogP contribution in [0.25, 0.3) is 15.7 Å². The zero-order valence-corrected chi connectivity index (χ0v) is 20.2. The molecule has 0 saturated carbocycles.